The third-order valence-electron chi connectivity index (χ3n) is 2.18. The molecule has 0 unspecified atom stereocenters. The van der Waals surface area contributed by atoms with E-state index in [1.807, 2.05) is 0 Å². The normalized spacial score (nSPS) is 15.1. The predicted molar refractivity (Wildman–Crippen MR) is 70.8 cm³/mol. The van der Waals surface area contributed by atoms with Crippen molar-refractivity contribution in [2.45, 2.75) is 0 Å². The van der Waals surface area contributed by atoms with Gasteiger partial charge >= 0.3 is 0 Å². The van der Waals surface area contributed by atoms with Gasteiger partial charge in [0.15, 0.2) is 17.3 Å². The summed E-state index contributed by atoms with van der Waals surface area (Å²) in [5, 5.41) is 9.01. The van der Waals surface area contributed by atoms with Crippen molar-refractivity contribution in [3.63, 3.8) is 0 Å². The van der Waals surface area contributed by atoms with Crippen LogP contribution >= 0.6 is 34.8 Å². The summed E-state index contributed by atoms with van der Waals surface area (Å²) in [6.45, 7) is 0. The zero-order valence-electron chi connectivity index (χ0n) is 9.12. The summed E-state index contributed by atoms with van der Waals surface area (Å²) in [5.41, 5.74) is 0. The smallest absolute Gasteiger partial charge is 0.239 e. The summed E-state index contributed by atoms with van der Waals surface area (Å²) in [5.74, 6) is -1.61. The van der Waals surface area contributed by atoms with Gasteiger partial charge in [0.05, 0.1) is 15.1 Å². The molecule has 0 spiro atoms. The maximum atomic E-state index is 11.7. The molecule has 1 aliphatic rings. The van der Waals surface area contributed by atoms with Crippen LogP contribution in [0.3, 0.4) is 0 Å². The van der Waals surface area contributed by atoms with Gasteiger partial charge in [0.25, 0.3) is 0 Å². The Morgan fingerprint density at radius 1 is 1.00 bits per heavy atom. The third-order valence-corrected chi connectivity index (χ3v) is 3.02. The molecular formula is C12H5Cl3O4. The minimum atomic E-state index is -0.651. The Hall–Kier alpha value is -1.49. The molecule has 19 heavy (non-hydrogen) atoms. The molecule has 0 amide bonds. The molecule has 0 radical (unpaired) electrons. The first-order valence-corrected chi connectivity index (χ1v) is 6.05. The number of allylic oxidation sites excluding steroid dienone is 3. The first kappa shape index (κ1) is 13.9. The van der Waals surface area contributed by atoms with Gasteiger partial charge in [-0.15, -0.1) is 0 Å². The number of benzene rings is 1. The van der Waals surface area contributed by atoms with Crippen LogP contribution in [0.1, 0.15) is 0 Å². The minimum Gasteiger partial charge on any atom is -0.508 e. The van der Waals surface area contributed by atoms with E-state index in [-0.39, 0.29) is 32.3 Å². The van der Waals surface area contributed by atoms with E-state index in [1.165, 1.54) is 12.1 Å². The summed E-state index contributed by atoms with van der Waals surface area (Å²) in [7, 11) is 0. The molecule has 4 nitrogen and oxygen atoms in total. The Labute approximate surface area is 122 Å². The molecule has 1 aromatic carbocycles. The number of halogens is 3. The van der Waals surface area contributed by atoms with E-state index in [4.69, 9.17) is 39.5 Å². The molecule has 2 rings (SSSR count). The molecule has 0 atom stereocenters. The van der Waals surface area contributed by atoms with Crippen LogP contribution < -0.4 is 4.74 Å². The van der Waals surface area contributed by atoms with Gasteiger partial charge in [-0.25, -0.2) is 0 Å². The van der Waals surface area contributed by atoms with Crippen LogP contribution in [-0.4, -0.2) is 16.7 Å². The summed E-state index contributed by atoms with van der Waals surface area (Å²) in [6, 6.07) is 2.38. The van der Waals surface area contributed by atoms with Crippen LogP contribution in [0.5, 0.6) is 11.5 Å². The highest BCUT2D eigenvalue weighted by Crippen LogP contribution is 2.38. The fraction of sp³-hybridized carbons (Fsp3) is 0. The number of Topliss-reactive ketones (excluding diaryl/α,β-unsaturated/α-hetero) is 1. The lowest BCUT2D eigenvalue weighted by Gasteiger charge is -2.13. The van der Waals surface area contributed by atoms with Crippen LogP contribution in [0.4, 0.5) is 0 Å². The predicted octanol–water partition coefficient (Wildman–Crippen LogP) is 3.24. The average molecular weight is 320 g/mol. The van der Waals surface area contributed by atoms with Crippen molar-refractivity contribution in [2.24, 2.45) is 0 Å². The zero-order valence-corrected chi connectivity index (χ0v) is 11.4. The van der Waals surface area contributed by atoms with Gasteiger partial charge in [0.2, 0.25) is 5.78 Å². The molecule has 0 fully saturated rings. The van der Waals surface area contributed by atoms with Gasteiger partial charge in [0.1, 0.15) is 5.75 Å². The van der Waals surface area contributed by atoms with Crippen LogP contribution in [0.15, 0.2) is 35.1 Å². The fourth-order valence-corrected chi connectivity index (χ4v) is 2.13. The number of hydrogen-bond donors (Lipinski definition) is 1. The second-order valence-corrected chi connectivity index (χ2v) is 4.79. The maximum Gasteiger partial charge on any atom is 0.239 e. The average Bonchev–Trinajstić information content (AvgIpc) is 2.29. The quantitative estimate of drug-likeness (QED) is 0.850. The third kappa shape index (κ3) is 2.92. The Morgan fingerprint density at radius 3 is 2.16 bits per heavy atom. The highest BCUT2D eigenvalue weighted by molar-refractivity contribution is 6.47. The highest BCUT2D eigenvalue weighted by Gasteiger charge is 2.24. The Morgan fingerprint density at radius 2 is 1.58 bits per heavy atom. The van der Waals surface area contributed by atoms with E-state index in [0.717, 1.165) is 12.2 Å². The van der Waals surface area contributed by atoms with Crippen LogP contribution in [0.25, 0.3) is 0 Å². The Kier molecular flexibility index (Phi) is 3.85. The number of ketones is 2. The van der Waals surface area contributed by atoms with E-state index in [1.54, 1.807) is 0 Å². The van der Waals surface area contributed by atoms with Crippen molar-refractivity contribution < 1.29 is 19.4 Å². The standard InChI is InChI=1S/C12H5Cl3O4/c13-7-1-6(17)4-10(11(7)18)19-12-8(14)2-5(16)3-9(12)15/h1-4,16H. The van der Waals surface area contributed by atoms with E-state index in [0.29, 0.717) is 0 Å². The number of rotatable bonds is 2. The van der Waals surface area contributed by atoms with Crippen molar-refractivity contribution in [3.8, 4) is 11.5 Å². The highest BCUT2D eigenvalue weighted by atomic mass is 35.5. The maximum absolute atomic E-state index is 11.7. The molecule has 1 N–H and O–H groups in total. The van der Waals surface area contributed by atoms with Gasteiger partial charge in [-0.1, -0.05) is 34.8 Å². The number of phenolic OH excluding ortho intramolecular Hbond substituents is 1. The number of carbonyl (C=O) groups excluding carboxylic acids is 2. The fourth-order valence-electron chi connectivity index (χ4n) is 1.37. The molecule has 98 valence electrons. The topological polar surface area (TPSA) is 63.6 Å². The summed E-state index contributed by atoms with van der Waals surface area (Å²) < 4.78 is 5.22. The molecule has 0 heterocycles. The lowest BCUT2D eigenvalue weighted by molar-refractivity contribution is -0.116. The number of ether oxygens (including phenoxy) is 1. The van der Waals surface area contributed by atoms with Gasteiger partial charge in [-0.2, -0.15) is 0 Å². The van der Waals surface area contributed by atoms with E-state index < -0.39 is 11.6 Å². The summed E-state index contributed by atoms with van der Waals surface area (Å²) in [4.78, 5) is 23.0. The second kappa shape index (κ2) is 5.25. The van der Waals surface area contributed by atoms with Crippen LogP contribution in [-0.2, 0) is 9.59 Å². The molecule has 0 saturated heterocycles. The minimum absolute atomic E-state index is 0.00294. The van der Waals surface area contributed by atoms with Gasteiger partial charge in [-0.05, 0) is 0 Å². The first-order chi connectivity index (χ1) is 8.88. The molecule has 1 aromatic rings. The van der Waals surface area contributed by atoms with Crippen molar-refractivity contribution >= 4 is 46.4 Å². The van der Waals surface area contributed by atoms with Crippen LogP contribution in [0, 0.1) is 0 Å². The van der Waals surface area contributed by atoms with Gasteiger partial charge < -0.3 is 9.84 Å². The second-order valence-electron chi connectivity index (χ2n) is 3.57. The molecular weight excluding hydrogens is 314 g/mol. The Bertz CT molecular complexity index is 623. The van der Waals surface area contributed by atoms with Crippen molar-refractivity contribution in [2.75, 3.05) is 0 Å². The largest absolute Gasteiger partial charge is 0.508 e. The summed E-state index contributed by atoms with van der Waals surface area (Å²) >= 11 is 17.3. The number of phenols is 1. The van der Waals surface area contributed by atoms with Crippen molar-refractivity contribution in [1.82, 2.24) is 0 Å². The lowest BCUT2D eigenvalue weighted by Crippen LogP contribution is -2.16. The molecule has 0 bridgehead atoms. The monoisotopic (exact) mass is 318 g/mol. The van der Waals surface area contributed by atoms with Gasteiger partial charge in [0, 0.05) is 24.3 Å². The Balaban J connectivity index is 2.37. The zero-order chi connectivity index (χ0) is 14.2. The SMILES string of the molecule is O=C1C=C(Cl)C(=O)C(Oc2c(Cl)cc(O)cc2Cl)=C1. The lowest BCUT2D eigenvalue weighted by atomic mass is 10.1. The first-order valence-electron chi connectivity index (χ1n) is 4.92. The van der Waals surface area contributed by atoms with Crippen LogP contribution in [0.2, 0.25) is 10.0 Å². The summed E-state index contributed by atoms with van der Waals surface area (Å²) in [6.07, 6.45) is 1.96. The van der Waals surface area contributed by atoms with Crippen molar-refractivity contribution in [3.05, 3.63) is 45.1 Å². The van der Waals surface area contributed by atoms with Gasteiger partial charge in [-0.3, -0.25) is 9.59 Å². The number of aromatic hydroxyl groups is 1. The molecule has 1 aliphatic carbocycles. The molecule has 0 saturated carbocycles. The van der Waals surface area contributed by atoms with E-state index in [9.17, 15) is 14.7 Å². The molecule has 0 aliphatic heterocycles. The molecule has 0 aromatic heterocycles. The van der Waals surface area contributed by atoms with Crippen molar-refractivity contribution in [1.29, 1.82) is 0 Å². The number of hydrogen-bond acceptors (Lipinski definition) is 4. The number of carbonyl (C=O) groups is 2. The molecule has 7 heteroatoms. The van der Waals surface area contributed by atoms with E-state index in [2.05, 4.69) is 0 Å². The van der Waals surface area contributed by atoms with E-state index >= 15 is 0 Å².